The average Bonchev–Trinajstić information content (AvgIpc) is 3.21. The number of halogens is 3. The van der Waals surface area contributed by atoms with E-state index in [1.807, 2.05) is 5.10 Å². The van der Waals surface area contributed by atoms with E-state index in [0.717, 1.165) is 6.07 Å². The van der Waals surface area contributed by atoms with Crippen molar-refractivity contribution in [3.8, 4) is 34.2 Å². The van der Waals surface area contributed by atoms with Crippen molar-refractivity contribution in [2.75, 3.05) is 13.2 Å². The molecule has 6 nitrogen and oxygen atoms in total. The lowest BCUT2D eigenvalue weighted by molar-refractivity contribution is -0.141. The third-order valence-corrected chi connectivity index (χ3v) is 3.73. The van der Waals surface area contributed by atoms with Crippen molar-refractivity contribution in [1.82, 2.24) is 15.2 Å². The summed E-state index contributed by atoms with van der Waals surface area (Å²) in [6.45, 7) is 2.63. The van der Waals surface area contributed by atoms with Crippen molar-refractivity contribution in [3.63, 3.8) is 0 Å². The van der Waals surface area contributed by atoms with Gasteiger partial charge in [-0.1, -0.05) is 0 Å². The number of furan rings is 1. The first-order valence-electron chi connectivity index (χ1n) is 7.42. The monoisotopic (exact) mass is 351 g/mol. The summed E-state index contributed by atoms with van der Waals surface area (Å²) in [5.74, 6) is 2.14. The number of hydrogen-bond donors (Lipinski definition) is 1. The molecule has 4 heterocycles. The first-order chi connectivity index (χ1) is 11.9. The predicted molar refractivity (Wildman–Crippen MR) is 80.2 cm³/mol. The van der Waals surface area contributed by atoms with Gasteiger partial charge >= 0.3 is 6.18 Å². The number of fused-ring (bicyclic) bond motifs is 1. The first-order valence-corrected chi connectivity index (χ1v) is 7.42. The topological polar surface area (TPSA) is 73.2 Å². The van der Waals surface area contributed by atoms with Crippen molar-refractivity contribution in [1.29, 1.82) is 0 Å². The summed E-state index contributed by atoms with van der Waals surface area (Å²) in [4.78, 5) is 4.17. The van der Waals surface area contributed by atoms with Crippen molar-refractivity contribution in [3.05, 3.63) is 35.9 Å². The molecule has 3 aromatic heterocycles. The van der Waals surface area contributed by atoms with Gasteiger partial charge in [0.25, 0.3) is 0 Å². The molecule has 9 heteroatoms. The SMILES string of the molecule is Cc1oc(-c2ccc(-c3cc(C(F)(F)F)[nH]n3)nc2)c2c1OCCO2. The van der Waals surface area contributed by atoms with Gasteiger partial charge in [0.15, 0.2) is 5.76 Å². The second-order valence-electron chi connectivity index (χ2n) is 5.44. The number of rotatable bonds is 2. The molecule has 0 saturated carbocycles. The molecule has 1 N–H and O–H groups in total. The lowest BCUT2D eigenvalue weighted by atomic mass is 10.1. The molecule has 0 aromatic carbocycles. The fourth-order valence-corrected chi connectivity index (χ4v) is 2.56. The number of nitrogens with zero attached hydrogens (tertiary/aromatic N) is 2. The molecule has 0 spiro atoms. The van der Waals surface area contributed by atoms with E-state index in [1.54, 1.807) is 19.1 Å². The summed E-state index contributed by atoms with van der Waals surface area (Å²) in [5.41, 5.74) is 0.126. The molecular weight excluding hydrogens is 339 g/mol. The van der Waals surface area contributed by atoms with Gasteiger partial charge in [0, 0.05) is 11.8 Å². The van der Waals surface area contributed by atoms with Gasteiger partial charge in [-0.15, -0.1) is 0 Å². The summed E-state index contributed by atoms with van der Waals surface area (Å²) in [6.07, 6.45) is -2.99. The summed E-state index contributed by atoms with van der Waals surface area (Å²) < 4.78 is 54.7. The maximum Gasteiger partial charge on any atom is 0.432 e. The van der Waals surface area contributed by atoms with Crippen molar-refractivity contribution in [2.24, 2.45) is 0 Å². The predicted octanol–water partition coefficient (Wildman–Crippen LogP) is 3.83. The maximum absolute atomic E-state index is 12.6. The molecule has 3 aromatic rings. The van der Waals surface area contributed by atoms with E-state index in [1.165, 1.54) is 6.20 Å². The molecule has 0 unspecified atom stereocenters. The van der Waals surface area contributed by atoms with E-state index in [0.29, 0.717) is 47.5 Å². The molecule has 0 radical (unpaired) electrons. The number of H-pyrrole nitrogens is 1. The van der Waals surface area contributed by atoms with Gasteiger partial charge in [-0.3, -0.25) is 10.1 Å². The fourth-order valence-electron chi connectivity index (χ4n) is 2.56. The number of nitrogens with one attached hydrogen (secondary N) is 1. The third kappa shape index (κ3) is 2.71. The summed E-state index contributed by atoms with van der Waals surface area (Å²) in [7, 11) is 0. The van der Waals surface area contributed by atoms with Gasteiger partial charge in [-0.2, -0.15) is 18.3 Å². The normalized spacial score (nSPS) is 13.9. The Hall–Kier alpha value is -2.97. The first kappa shape index (κ1) is 15.6. The van der Waals surface area contributed by atoms with Gasteiger partial charge in [0.05, 0.1) is 5.69 Å². The largest absolute Gasteiger partial charge is 0.483 e. The fraction of sp³-hybridized carbons (Fsp3) is 0.250. The quantitative estimate of drug-likeness (QED) is 0.760. The van der Waals surface area contributed by atoms with E-state index in [2.05, 4.69) is 10.1 Å². The van der Waals surface area contributed by atoms with Gasteiger partial charge < -0.3 is 13.9 Å². The average molecular weight is 351 g/mol. The van der Waals surface area contributed by atoms with E-state index in [-0.39, 0.29) is 5.69 Å². The molecule has 0 amide bonds. The lowest BCUT2D eigenvalue weighted by Gasteiger charge is -2.15. The summed E-state index contributed by atoms with van der Waals surface area (Å²) in [5, 5.41) is 5.62. The highest BCUT2D eigenvalue weighted by Crippen LogP contribution is 2.45. The highest BCUT2D eigenvalue weighted by Gasteiger charge is 2.33. The lowest BCUT2D eigenvalue weighted by Crippen LogP contribution is -2.14. The molecule has 4 rings (SSSR count). The van der Waals surface area contributed by atoms with Gasteiger partial charge in [0.2, 0.25) is 11.5 Å². The van der Waals surface area contributed by atoms with Crippen LogP contribution in [0.2, 0.25) is 0 Å². The number of hydrogen-bond acceptors (Lipinski definition) is 5. The number of pyridine rings is 1. The zero-order chi connectivity index (χ0) is 17.6. The number of aryl methyl sites for hydroxylation is 1. The van der Waals surface area contributed by atoms with E-state index in [4.69, 9.17) is 13.9 Å². The van der Waals surface area contributed by atoms with Crippen LogP contribution in [0.4, 0.5) is 13.2 Å². The van der Waals surface area contributed by atoms with Gasteiger partial charge in [-0.05, 0) is 25.1 Å². The van der Waals surface area contributed by atoms with Crippen molar-refractivity contribution >= 4 is 0 Å². The van der Waals surface area contributed by atoms with Crippen LogP contribution in [0, 0.1) is 6.92 Å². The number of aromatic amines is 1. The molecule has 0 fully saturated rings. The molecule has 1 aliphatic heterocycles. The van der Waals surface area contributed by atoms with Crippen LogP contribution in [0.3, 0.4) is 0 Å². The van der Waals surface area contributed by atoms with Crippen molar-refractivity contribution < 1.29 is 27.1 Å². The number of ether oxygens (including phenoxy) is 2. The minimum Gasteiger partial charge on any atom is -0.483 e. The summed E-state index contributed by atoms with van der Waals surface area (Å²) >= 11 is 0. The minimum atomic E-state index is -4.48. The molecule has 0 aliphatic carbocycles. The Labute approximate surface area is 139 Å². The minimum absolute atomic E-state index is 0.108. The van der Waals surface area contributed by atoms with Crippen LogP contribution >= 0.6 is 0 Å². The Kier molecular flexibility index (Phi) is 3.45. The van der Waals surface area contributed by atoms with E-state index in [9.17, 15) is 13.2 Å². The highest BCUT2D eigenvalue weighted by atomic mass is 19.4. The van der Waals surface area contributed by atoms with E-state index >= 15 is 0 Å². The molecule has 0 saturated heterocycles. The molecule has 130 valence electrons. The standard InChI is InChI=1S/C16H12F3N3O3/c1-8-13-15(24-5-4-23-13)14(25-8)9-2-3-10(20-7-9)11-6-12(22-21-11)16(17,18)19/h2-3,6-7H,4-5H2,1H3,(H,21,22). The van der Waals surface area contributed by atoms with Gasteiger partial charge in [-0.25, -0.2) is 0 Å². The number of aromatic nitrogens is 3. The Morgan fingerprint density at radius 1 is 1.08 bits per heavy atom. The Bertz CT molecular complexity index is 913. The van der Waals surface area contributed by atoms with Crippen LogP contribution in [0.15, 0.2) is 28.8 Å². The van der Waals surface area contributed by atoms with Crippen LogP contribution in [-0.4, -0.2) is 28.4 Å². The zero-order valence-corrected chi connectivity index (χ0v) is 13.0. The van der Waals surface area contributed by atoms with Crippen LogP contribution in [0.25, 0.3) is 22.7 Å². The Morgan fingerprint density at radius 3 is 2.48 bits per heavy atom. The number of alkyl halides is 3. The Morgan fingerprint density at radius 2 is 1.84 bits per heavy atom. The Balaban J connectivity index is 1.66. The second kappa shape index (κ2) is 5.54. The van der Waals surface area contributed by atoms with Crippen LogP contribution in [-0.2, 0) is 6.18 Å². The van der Waals surface area contributed by atoms with Crippen LogP contribution in [0.1, 0.15) is 11.5 Å². The maximum atomic E-state index is 12.6. The van der Waals surface area contributed by atoms with E-state index < -0.39 is 11.9 Å². The van der Waals surface area contributed by atoms with Crippen LogP contribution in [0.5, 0.6) is 11.5 Å². The highest BCUT2D eigenvalue weighted by molar-refractivity contribution is 5.71. The van der Waals surface area contributed by atoms with Crippen LogP contribution < -0.4 is 9.47 Å². The molecule has 25 heavy (non-hydrogen) atoms. The molecule has 1 aliphatic rings. The molecule has 0 bridgehead atoms. The third-order valence-electron chi connectivity index (χ3n) is 3.73. The van der Waals surface area contributed by atoms with Crippen molar-refractivity contribution in [2.45, 2.75) is 13.1 Å². The second-order valence-corrected chi connectivity index (χ2v) is 5.44. The molecule has 0 atom stereocenters. The smallest absolute Gasteiger partial charge is 0.432 e. The summed E-state index contributed by atoms with van der Waals surface area (Å²) in [6, 6.07) is 4.16. The zero-order valence-electron chi connectivity index (χ0n) is 13.0. The van der Waals surface area contributed by atoms with Gasteiger partial charge in [0.1, 0.15) is 30.4 Å². The molecular formula is C16H12F3N3O3.